The molecule has 1 aromatic heterocycles. The third kappa shape index (κ3) is 2.43. The fourth-order valence-electron chi connectivity index (χ4n) is 1.95. The molecule has 2 rings (SSSR count). The van der Waals surface area contributed by atoms with E-state index < -0.39 is 0 Å². The largest absolute Gasteiger partial charge is 0.307 e. The summed E-state index contributed by atoms with van der Waals surface area (Å²) in [4.78, 5) is 23.7. The lowest BCUT2D eigenvalue weighted by atomic mass is 10.0. The van der Waals surface area contributed by atoms with Crippen LogP contribution in [0.3, 0.4) is 0 Å². The standard InChI is InChI=1S/C14H15NO2S/c1-9-4-5-12(10(2)6-9)13(16)7-15-11(3)8-18-14(15)17/h4-6,8H,7H2,1-3H3. The first-order chi connectivity index (χ1) is 8.49. The summed E-state index contributed by atoms with van der Waals surface area (Å²) in [6.45, 7) is 5.88. The molecule has 2 aromatic rings. The molecule has 3 nitrogen and oxygen atoms in total. The van der Waals surface area contributed by atoms with Crippen LogP contribution in [0.25, 0.3) is 0 Å². The highest BCUT2D eigenvalue weighted by molar-refractivity contribution is 7.07. The Morgan fingerprint density at radius 3 is 2.56 bits per heavy atom. The van der Waals surface area contributed by atoms with Crippen LogP contribution in [-0.4, -0.2) is 10.4 Å². The topological polar surface area (TPSA) is 39.1 Å². The van der Waals surface area contributed by atoms with E-state index in [0.29, 0.717) is 5.56 Å². The second-order valence-corrected chi connectivity index (χ2v) is 5.29. The maximum Gasteiger partial charge on any atom is 0.307 e. The van der Waals surface area contributed by atoms with E-state index >= 15 is 0 Å². The summed E-state index contributed by atoms with van der Waals surface area (Å²) < 4.78 is 1.52. The smallest absolute Gasteiger partial charge is 0.296 e. The zero-order chi connectivity index (χ0) is 13.3. The van der Waals surface area contributed by atoms with Gasteiger partial charge in [0.15, 0.2) is 5.78 Å². The van der Waals surface area contributed by atoms with Crippen molar-refractivity contribution in [2.45, 2.75) is 27.3 Å². The molecule has 4 heteroatoms. The first-order valence-electron chi connectivity index (χ1n) is 5.74. The molecule has 0 saturated carbocycles. The molecule has 0 radical (unpaired) electrons. The summed E-state index contributed by atoms with van der Waals surface area (Å²) in [5.41, 5.74) is 3.62. The SMILES string of the molecule is Cc1ccc(C(=O)Cn2c(C)csc2=O)c(C)c1. The van der Waals surface area contributed by atoms with Gasteiger partial charge in [-0.25, -0.2) is 0 Å². The fourth-order valence-corrected chi connectivity index (χ4v) is 2.69. The second-order valence-electron chi connectivity index (χ2n) is 4.47. The van der Waals surface area contributed by atoms with Gasteiger partial charge in [0.25, 0.3) is 0 Å². The van der Waals surface area contributed by atoms with E-state index in [1.807, 2.05) is 39.0 Å². The van der Waals surface area contributed by atoms with Crippen molar-refractivity contribution in [1.29, 1.82) is 0 Å². The van der Waals surface area contributed by atoms with Gasteiger partial charge in [0, 0.05) is 16.6 Å². The van der Waals surface area contributed by atoms with E-state index in [-0.39, 0.29) is 17.2 Å². The van der Waals surface area contributed by atoms with Crippen LogP contribution in [0.15, 0.2) is 28.4 Å². The van der Waals surface area contributed by atoms with E-state index in [1.54, 1.807) is 5.38 Å². The number of hydrogen-bond acceptors (Lipinski definition) is 3. The van der Waals surface area contributed by atoms with Crippen molar-refractivity contribution in [3.05, 3.63) is 55.6 Å². The maximum absolute atomic E-state index is 12.2. The Bertz CT molecular complexity index is 652. The average Bonchev–Trinajstić information content (AvgIpc) is 2.60. The lowest BCUT2D eigenvalue weighted by Crippen LogP contribution is -2.21. The molecule has 94 valence electrons. The van der Waals surface area contributed by atoms with Crippen LogP contribution < -0.4 is 4.87 Å². The predicted octanol–water partition coefficient (Wildman–Crippen LogP) is 2.72. The van der Waals surface area contributed by atoms with Gasteiger partial charge in [0.05, 0.1) is 6.54 Å². The summed E-state index contributed by atoms with van der Waals surface area (Å²) in [6.07, 6.45) is 0. The number of nitrogens with zero attached hydrogens (tertiary/aromatic N) is 1. The number of rotatable bonds is 3. The highest BCUT2D eigenvalue weighted by Crippen LogP contribution is 2.12. The van der Waals surface area contributed by atoms with Crippen LogP contribution in [-0.2, 0) is 6.54 Å². The van der Waals surface area contributed by atoms with Gasteiger partial charge in [0.2, 0.25) is 0 Å². The molecule has 0 aliphatic carbocycles. The Morgan fingerprint density at radius 2 is 2.00 bits per heavy atom. The Balaban J connectivity index is 2.30. The fraction of sp³-hybridized carbons (Fsp3) is 0.286. The van der Waals surface area contributed by atoms with Crippen molar-refractivity contribution >= 4 is 17.1 Å². The Labute approximate surface area is 110 Å². The van der Waals surface area contributed by atoms with Crippen molar-refractivity contribution in [3.8, 4) is 0 Å². The molecular formula is C14H15NO2S. The number of carbonyl (C=O) groups is 1. The lowest BCUT2D eigenvalue weighted by Gasteiger charge is -2.07. The third-order valence-electron chi connectivity index (χ3n) is 2.96. The summed E-state index contributed by atoms with van der Waals surface area (Å²) in [6, 6.07) is 5.74. The minimum atomic E-state index is -0.0781. The van der Waals surface area contributed by atoms with Crippen molar-refractivity contribution < 1.29 is 4.79 Å². The normalized spacial score (nSPS) is 10.6. The number of ketones is 1. The van der Waals surface area contributed by atoms with E-state index in [2.05, 4.69) is 0 Å². The van der Waals surface area contributed by atoms with Crippen LogP contribution in [0.5, 0.6) is 0 Å². The van der Waals surface area contributed by atoms with Gasteiger partial charge in [-0.1, -0.05) is 35.1 Å². The minimum Gasteiger partial charge on any atom is -0.296 e. The monoisotopic (exact) mass is 261 g/mol. The number of benzene rings is 1. The van der Waals surface area contributed by atoms with Crippen molar-refractivity contribution in [2.24, 2.45) is 0 Å². The predicted molar refractivity (Wildman–Crippen MR) is 73.6 cm³/mol. The van der Waals surface area contributed by atoms with Crippen LogP contribution >= 0.6 is 11.3 Å². The zero-order valence-corrected chi connectivity index (χ0v) is 11.5. The van der Waals surface area contributed by atoms with Crippen molar-refractivity contribution in [2.75, 3.05) is 0 Å². The summed E-state index contributed by atoms with van der Waals surface area (Å²) in [5, 5.41) is 1.78. The maximum atomic E-state index is 12.2. The first kappa shape index (κ1) is 12.8. The number of thiazole rings is 1. The molecule has 0 N–H and O–H groups in total. The van der Waals surface area contributed by atoms with E-state index in [1.165, 1.54) is 4.57 Å². The van der Waals surface area contributed by atoms with Crippen LogP contribution in [0.2, 0.25) is 0 Å². The molecule has 18 heavy (non-hydrogen) atoms. The van der Waals surface area contributed by atoms with Gasteiger partial charge < -0.3 is 0 Å². The Morgan fingerprint density at radius 1 is 1.28 bits per heavy atom. The second kappa shape index (κ2) is 4.90. The third-order valence-corrected chi connectivity index (χ3v) is 3.84. The molecule has 1 heterocycles. The van der Waals surface area contributed by atoms with Gasteiger partial charge in [-0.2, -0.15) is 0 Å². The zero-order valence-electron chi connectivity index (χ0n) is 10.7. The van der Waals surface area contributed by atoms with Gasteiger partial charge in [0.1, 0.15) is 0 Å². The number of carbonyl (C=O) groups excluding carboxylic acids is 1. The Kier molecular flexibility index (Phi) is 3.48. The molecule has 0 aliphatic heterocycles. The molecule has 0 atom stereocenters. The Hall–Kier alpha value is -1.68. The molecular weight excluding hydrogens is 246 g/mol. The van der Waals surface area contributed by atoms with E-state index in [9.17, 15) is 9.59 Å². The molecule has 0 saturated heterocycles. The average molecular weight is 261 g/mol. The molecule has 0 unspecified atom stereocenters. The highest BCUT2D eigenvalue weighted by atomic mass is 32.1. The number of hydrogen-bond donors (Lipinski definition) is 0. The summed E-state index contributed by atoms with van der Waals surface area (Å²) >= 11 is 1.13. The van der Waals surface area contributed by atoms with Crippen LogP contribution in [0, 0.1) is 20.8 Å². The molecule has 1 aromatic carbocycles. The number of aromatic nitrogens is 1. The molecule has 0 fully saturated rings. The molecule has 0 bridgehead atoms. The summed E-state index contributed by atoms with van der Waals surface area (Å²) in [7, 11) is 0. The van der Waals surface area contributed by atoms with Crippen molar-refractivity contribution in [1.82, 2.24) is 4.57 Å². The van der Waals surface area contributed by atoms with Gasteiger partial charge in [-0.05, 0) is 26.3 Å². The molecule has 0 aliphatic rings. The van der Waals surface area contributed by atoms with Gasteiger partial charge >= 0.3 is 4.87 Å². The molecule has 0 spiro atoms. The van der Waals surface area contributed by atoms with Gasteiger partial charge in [-0.3, -0.25) is 14.2 Å². The van der Waals surface area contributed by atoms with Crippen LogP contribution in [0.1, 0.15) is 27.2 Å². The van der Waals surface area contributed by atoms with Gasteiger partial charge in [-0.15, -0.1) is 0 Å². The van der Waals surface area contributed by atoms with Crippen LogP contribution in [0.4, 0.5) is 0 Å². The summed E-state index contributed by atoms with van der Waals surface area (Å²) in [5.74, 6) is -0.0175. The number of aryl methyl sites for hydroxylation is 3. The molecule has 0 amide bonds. The quantitative estimate of drug-likeness (QED) is 0.797. The lowest BCUT2D eigenvalue weighted by molar-refractivity contribution is 0.0970. The highest BCUT2D eigenvalue weighted by Gasteiger charge is 2.12. The first-order valence-corrected chi connectivity index (χ1v) is 6.62. The van der Waals surface area contributed by atoms with E-state index in [0.717, 1.165) is 28.2 Å². The van der Waals surface area contributed by atoms with E-state index in [4.69, 9.17) is 0 Å². The minimum absolute atomic E-state index is 0.0175. The van der Waals surface area contributed by atoms with Crippen molar-refractivity contribution in [3.63, 3.8) is 0 Å². The number of Topliss-reactive ketones (excluding diaryl/α,β-unsaturated/α-hetero) is 1.